The SMILES string of the molecule is COC(=O)c1ccc(Oc2ccc([N+](=O)[O-])cc2)cc1C(=O)OC. The van der Waals surface area contributed by atoms with Gasteiger partial charge in [0.2, 0.25) is 0 Å². The third-order valence-corrected chi connectivity index (χ3v) is 3.08. The standard InChI is InChI=1S/C16H13NO7/c1-22-15(18)13-8-7-12(9-14(13)16(19)23-2)24-11-5-3-10(4-6-11)17(20)21/h3-9H,1-2H3. The summed E-state index contributed by atoms with van der Waals surface area (Å²) < 4.78 is 14.8. The van der Waals surface area contributed by atoms with Crippen LogP contribution in [0.5, 0.6) is 11.5 Å². The summed E-state index contributed by atoms with van der Waals surface area (Å²) >= 11 is 0. The number of non-ortho nitro benzene ring substituents is 1. The highest BCUT2D eigenvalue weighted by Gasteiger charge is 2.19. The van der Waals surface area contributed by atoms with E-state index in [0.717, 1.165) is 0 Å². The Kier molecular flexibility index (Phi) is 5.10. The first-order valence-electron chi connectivity index (χ1n) is 6.69. The summed E-state index contributed by atoms with van der Waals surface area (Å²) in [6.07, 6.45) is 0. The van der Waals surface area contributed by atoms with E-state index in [1.165, 1.54) is 56.7 Å². The van der Waals surface area contributed by atoms with Crippen molar-refractivity contribution in [1.29, 1.82) is 0 Å². The lowest BCUT2D eigenvalue weighted by Crippen LogP contribution is -2.11. The van der Waals surface area contributed by atoms with Crippen molar-refractivity contribution in [2.24, 2.45) is 0 Å². The van der Waals surface area contributed by atoms with Gasteiger partial charge in [0.15, 0.2) is 0 Å². The van der Waals surface area contributed by atoms with Gasteiger partial charge >= 0.3 is 11.9 Å². The molecule has 2 aromatic rings. The Labute approximate surface area is 136 Å². The molecule has 8 nitrogen and oxygen atoms in total. The zero-order chi connectivity index (χ0) is 17.7. The molecule has 0 heterocycles. The minimum Gasteiger partial charge on any atom is -0.465 e. The summed E-state index contributed by atoms with van der Waals surface area (Å²) in [4.78, 5) is 33.6. The Morgan fingerprint density at radius 2 is 1.42 bits per heavy atom. The van der Waals surface area contributed by atoms with E-state index in [0.29, 0.717) is 5.75 Å². The number of esters is 2. The number of benzene rings is 2. The molecular weight excluding hydrogens is 318 g/mol. The number of methoxy groups -OCH3 is 2. The van der Waals surface area contributed by atoms with Crippen molar-refractivity contribution in [3.63, 3.8) is 0 Å². The molecule has 0 aliphatic carbocycles. The highest BCUT2D eigenvalue weighted by atomic mass is 16.6. The molecule has 8 heteroatoms. The average Bonchev–Trinajstić information content (AvgIpc) is 2.60. The van der Waals surface area contributed by atoms with Crippen LogP contribution < -0.4 is 4.74 Å². The van der Waals surface area contributed by atoms with Gasteiger partial charge in [-0.25, -0.2) is 9.59 Å². The molecule has 0 fully saturated rings. The molecule has 0 amide bonds. The number of carbonyl (C=O) groups is 2. The van der Waals surface area contributed by atoms with Gasteiger partial charge in [-0.1, -0.05) is 0 Å². The summed E-state index contributed by atoms with van der Waals surface area (Å²) in [6.45, 7) is 0. The Balaban J connectivity index is 2.32. The van der Waals surface area contributed by atoms with Crippen molar-refractivity contribution in [3.8, 4) is 11.5 Å². The van der Waals surface area contributed by atoms with Crippen LogP contribution >= 0.6 is 0 Å². The molecule has 124 valence electrons. The first-order chi connectivity index (χ1) is 11.5. The fourth-order valence-electron chi connectivity index (χ4n) is 1.93. The van der Waals surface area contributed by atoms with E-state index in [1.807, 2.05) is 0 Å². The second kappa shape index (κ2) is 7.23. The topological polar surface area (TPSA) is 105 Å². The molecule has 0 atom stereocenters. The van der Waals surface area contributed by atoms with Crippen LogP contribution in [0.1, 0.15) is 20.7 Å². The predicted molar refractivity (Wildman–Crippen MR) is 82.3 cm³/mol. The molecule has 2 rings (SSSR count). The number of nitrogens with zero attached hydrogens (tertiary/aromatic N) is 1. The second-order valence-corrected chi connectivity index (χ2v) is 4.54. The van der Waals surface area contributed by atoms with Gasteiger partial charge in [-0.15, -0.1) is 0 Å². The number of hydrogen-bond acceptors (Lipinski definition) is 7. The van der Waals surface area contributed by atoms with Crippen molar-refractivity contribution in [2.75, 3.05) is 14.2 Å². The van der Waals surface area contributed by atoms with E-state index in [-0.39, 0.29) is 22.6 Å². The van der Waals surface area contributed by atoms with Crippen LogP contribution in [0.25, 0.3) is 0 Å². The first-order valence-corrected chi connectivity index (χ1v) is 6.69. The summed E-state index contributed by atoms with van der Waals surface area (Å²) in [5.74, 6) is -0.805. The third kappa shape index (κ3) is 3.67. The maximum atomic E-state index is 11.8. The van der Waals surface area contributed by atoms with Gasteiger partial charge in [-0.3, -0.25) is 10.1 Å². The van der Waals surface area contributed by atoms with Gasteiger partial charge in [-0.05, 0) is 30.3 Å². The van der Waals surface area contributed by atoms with Gasteiger partial charge in [0.1, 0.15) is 11.5 Å². The molecule has 0 N–H and O–H groups in total. The predicted octanol–water partition coefficient (Wildman–Crippen LogP) is 2.96. The van der Waals surface area contributed by atoms with Crippen LogP contribution in [0.15, 0.2) is 42.5 Å². The van der Waals surface area contributed by atoms with Crippen LogP contribution in [-0.4, -0.2) is 31.1 Å². The van der Waals surface area contributed by atoms with Gasteiger partial charge < -0.3 is 14.2 Å². The smallest absolute Gasteiger partial charge is 0.338 e. The largest absolute Gasteiger partial charge is 0.465 e. The van der Waals surface area contributed by atoms with Gasteiger partial charge in [0.05, 0.1) is 30.3 Å². The molecule has 0 saturated carbocycles. The molecule has 0 aliphatic rings. The normalized spacial score (nSPS) is 9.92. The molecular formula is C16H13NO7. The molecule has 0 radical (unpaired) electrons. The van der Waals surface area contributed by atoms with E-state index in [1.54, 1.807) is 0 Å². The van der Waals surface area contributed by atoms with Crippen LogP contribution in [0.4, 0.5) is 5.69 Å². The Morgan fingerprint density at radius 3 is 1.96 bits per heavy atom. The van der Waals surface area contributed by atoms with E-state index >= 15 is 0 Å². The van der Waals surface area contributed by atoms with Crippen molar-refractivity contribution in [3.05, 3.63) is 63.7 Å². The Morgan fingerprint density at radius 1 is 0.875 bits per heavy atom. The Bertz CT molecular complexity index is 784. The maximum Gasteiger partial charge on any atom is 0.338 e. The van der Waals surface area contributed by atoms with Crippen molar-refractivity contribution in [1.82, 2.24) is 0 Å². The number of rotatable bonds is 5. The van der Waals surface area contributed by atoms with Gasteiger partial charge in [0.25, 0.3) is 5.69 Å². The molecule has 0 unspecified atom stereocenters. The lowest BCUT2D eigenvalue weighted by molar-refractivity contribution is -0.384. The molecule has 2 aromatic carbocycles. The molecule has 0 aliphatic heterocycles. The number of nitro benzene ring substituents is 1. The molecule has 0 bridgehead atoms. The van der Waals surface area contributed by atoms with Crippen LogP contribution in [0.3, 0.4) is 0 Å². The van der Waals surface area contributed by atoms with Crippen LogP contribution in [0.2, 0.25) is 0 Å². The highest BCUT2D eigenvalue weighted by Crippen LogP contribution is 2.26. The monoisotopic (exact) mass is 331 g/mol. The third-order valence-electron chi connectivity index (χ3n) is 3.08. The van der Waals surface area contributed by atoms with Crippen molar-refractivity contribution < 1.29 is 28.7 Å². The fourth-order valence-corrected chi connectivity index (χ4v) is 1.93. The zero-order valence-electron chi connectivity index (χ0n) is 12.8. The quantitative estimate of drug-likeness (QED) is 0.471. The fraction of sp³-hybridized carbons (Fsp3) is 0.125. The van der Waals surface area contributed by atoms with Gasteiger partial charge in [0, 0.05) is 12.1 Å². The van der Waals surface area contributed by atoms with Crippen molar-refractivity contribution in [2.45, 2.75) is 0 Å². The summed E-state index contributed by atoms with van der Waals surface area (Å²) in [5, 5.41) is 10.6. The average molecular weight is 331 g/mol. The van der Waals surface area contributed by atoms with Crippen LogP contribution in [-0.2, 0) is 9.47 Å². The van der Waals surface area contributed by atoms with Gasteiger partial charge in [-0.2, -0.15) is 0 Å². The molecule has 0 aromatic heterocycles. The molecule has 0 saturated heterocycles. The maximum absolute atomic E-state index is 11.8. The molecule has 0 spiro atoms. The minimum absolute atomic E-state index is 0.0104. The van der Waals surface area contributed by atoms with E-state index in [9.17, 15) is 19.7 Å². The van der Waals surface area contributed by atoms with E-state index in [2.05, 4.69) is 9.47 Å². The number of nitro groups is 1. The summed E-state index contributed by atoms with van der Waals surface area (Å²) in [7, 11) is 2.39. The van der Waals surface area contributed by atoms with E-state index < -0.39 is 16.9 Å². The Hall–Kier alpha value is -3.42. The van der Waals surface area contributed by atoms with Crippen molar-refractivity contribution >= 4 is 17.6 Å². The number of hydrogen-bond donors (Lipinski definition) is 0. The summed E-state index contributed by atoms with van der Waals surface area (Å²) in [6, 6.07) is 9.60. The molecule has 24 heavy (non-hydrogen) atoms. The van der Waals surface area contributed by atoms with E-state index in [4.69, 9.17) is 4.74 Å². The zero-order valence-corrected chi connectivity index (χ0v) is 12.8. The lowest BCUT2D eigenvalue weighted by Gasteiger charge is -2.10. The lowest BCUT2D eigenvalue weighted by atomic mass is 10.1. The first kappa shape index (κ1) is 16.9. The number of carbonyl (C=O) groups excluding carboxylic acids is 2. The summed E-state index contributed by atoms with van der Waals surface area (Å²) in [5.41, 5.74) is -0.0391. The second-order valence-electron chi connectivity index (χ2n) is 4.54. The minimum atomic E-state index is -0.718. The van der Waals surface area contributed by atoms with Crippen LogP contribution in [0, 0.1) is 10.1 Å². The number of ether oxygens (including phenoxy) is 3. The highest BCUT2D eigenvalue weighted by molar-refractivity contribution is 6.03.